The van der Waals surface area contributed by atoms with Gasteiger partial charge in [0.2, 0.25) is 0 Å². The van der Waals surface area contributed by atoms with E-state index in [0.29, 0.717) is 10.5 Å². The molecule has 58 valence electrons. The van der Waals surface area contributed by atoms with Crippen LogP contribution in [0.2, 0.25) is 0 Å². The Morgan fingerprint density at radius 3 is 2.42 bits per heavy atom. The van der Waals surface area contributed by atoms with Crippen LogP contribution in [0.25, 0.3) is 6.08 Å². The van der Waals surface area contributed by atoms with E-state index in [1.165, 1.54) is 6.08 Å². The molecule has 1 rings (SSSR count). The average Bonchev–Trinajstić information content (AvgIpc) is 2.04. The minimum absolute atomic E-state index is 0. The maximum Gasteiger partial charge on any atom is 1.00 e. The second-order valence-corrected chi connectivity index (χ2v) is 2.89. The van der Waals surface area contributed by atoms with Gasteiger partial charge in [0.15, 0.2) is 0 Å². The Kier molecular flexibility index (Phi) is 6.57. The summed E-state index contributed by atoms with van der Waals surface area (Å²) in [6.45, 7) is 3.50. The molecule has 1 unspecified atom stereocenters. The molecule has 0 saturated carbocycles. The van der Waals surface area contributed by atoms with Crippen molar-refractivity contribution < 1.29 is 60.1 Å². The van der Waals surface area contributed by atoms with Gasteiger partial charge >= 0.3 is 51.4 Å². The van der Waals surface area contributed by atoms with E-state index >= 15 is 0 Å². The van der Waals surface area contributed by atoms with E-state index in [9.17, 15) is 8.76 Å². The Bertz CT molecular complexity index is 299. The summed E-state index contributed by atoms with van der Waals surface area (Å²) in [6.07, 6.45) is 1.52. The second kappa shape index (κ2) is 6.20. The van der Waals surface area contributed by atoms with Crippen molar-refractivity contribution in [2.45, 2.75) is 4.90 Å². The molecule has 0 aliphatic carbocycles. The first kappa shape index (κ1) is 12.7. The van der Waals surface area contributed by atoms with E-state index in [1.54, 1.807) is 24.3 Å². The van der Waals surface area contributed by atoms with Crippen LogP contribution in [0.1, 0.15) is 5.56 Å². The molecular formula is C8H7KO2S. The Labute approximate surface area is 117 Å². The summed E-state index contributed by atoms with van der Waals surface area (Å²) in [6, 6.07) is 6.70. The zero-order valence-corrected chi connectivity index (χ0v) is 10.8. The van der Waals surface area contributed by atoms with E-state index in [2.05, 4.69) is 6.58 Å². The van der Waals surface area contributed by atoms with Crippen LogP contribution in [-0.4, -0.2) is 8.76 Å². The molecule has 0 heterocycles. The van der Waals surface area contributed by atoms with Gasteiger partial charge in [-0.3, -0.25) is 4.21 Å². The molecular weight excluding hydrogens is 199 g/mol. The Morgan fingerprint density at radius 1 is 1.42 bits per heavy atom. The van der Waals surface area contributed by atoms with Gasteiger partial charge < -0.3 is 4.55 Å². The van der Waals surface area contributed by atoms with Gasteiger partial charge in [-0.25, -0.2) is 0 Å². The van der Waals surface area contributed by atoms with Gasteiger partial charge in [-0.2, -0.15) is 0 Å². The van der Waals surface area contributed by atoms with Crippen molar-refractivity contribution in [3.05, 3.63) is 36.4 Å². The third-order valence-corrected chi connectivity index (χ3v) is 2.05. The molecule has 1 atom stereocenters. The molecule has 1 aromatic carbocycles. The van der Waals surface area contributed by atoms with Crippen LogP contribution in [0, 0.1) is 0 Å². The van der Waals surface area contributed by atoms with E-state index in [1.807, 2.05) is 0 Å². The van der Waals surface area contributed by atoms with Gasteiger partial charge in [0.05, 0.1) is 0 Å². The Balaban J connectivity index is 0.00000121. The van der Waals surface area contributed by atoms with E-state index in [0.717, 1.165) is 0 Å². The SMILES string of the molecule is C=Cc1ccccc1S(=O)[O-].[K+]. The van der Waals surface area contributed by atoms with Crippen LogP contribution in [0.5, 0.6) is 0 Å². The van der Waals surface area contributed by atoms with E-state index < -0.39 is 11.1 Å². The molecule has 12 heavy (non-hydrogen) atoms. The number of hydrogen-bond acceptors (Lipinski definition) is 2. The van der Waals surface area contributed by atoms with E-state index in [4.69, 9.17) is 0 Å². The monoisotopic (exact) mass is 206 g/mol. The third kappa shape index (κ3) is 3.22. The van der Waals surface area contributed by atoms with Crippen molar-refractivity contribution in [3.63, 3.8) is 0 Å². The number of rotatable bonds is 2. The van der Waals surface area contributed by atoms with Gasteiger partial charge in [-0.05, 0) is 22.7 Å². The van der Waals surface area contributed by atoms with Crippen LogP contribution in [-0.2, 0) is 11.1 Å². The van der Waals surface area contributed by atoms with Crippen LogP contribution < -0.4 is 51.4 Å². The Hall–Kier alpha value is 0.706. The zero-order chi connectivity index (χ0) is 8.27. The predicted octanol–water partition coefficient (Wildman–Crippen LogP) is -1.43. The van der Waals surface area contributed by atoms with Crippen molar-refractivity contribution in [3.8, 4) is 0 Å². The molecule has 4 heteroatoms. The van der Waals surface area contributed by atoms with Crippen molar-refractivity contribution in [1.29, 1.82) is 0 Å². The number of hydrogen-bond donors (Lipinski definition) is 0. The normalized spacial score (nSPS) is 11.4. The molecule has 0 bridgehead atoms. The maximum absolute atomic E-state index is 10.5. The Morgan fingerprint density at radius 2 is 2.00 bits per heavy atom. The fraction of sp³-hybridized carbons (Fsp3) is 0. The summed E-state index contributed by atoms with van der Waals surface area (Å²) >= 11 is -2.16. The molecule has 0 radical (unpaired) electrons. The van der Waals surface area contributed by atoms with Crippen LogP contribution in [0.3, 0.4) is 0 Å². The van der Waals surface area contributed by atoms with Crippen molar-refractivity contribution in [2.24, 2.45) is 0 Å². The molecule has 0 spiro atoms. The van der Waals surface area contributed by atoms with Crippen molar-refractivity contribution in [1.82, 2.24) is 0 Å². The zero-order valence-electron chi connectivity index (χ0n) is 6.82. The number of benzene rings is 1. The first-order valence-corrected chi connectivity index (χ1v) is 4.14. The van der Waals surface area contributed by atoms with Crippen LogP contribution in [0.15, 0.2) is 35.7 Å². The topological polar surface area (TPSA) is 40.1 Å². The molecule has 0 saturated heterocycles. The summed E-state index contributed by atoms with van der Waals surface area (Å²) in [5, 5.41) is 0. The first-order valence-electron chi connectivity index (χ1n) is 3.06. The standard InChI is InChI=1S/C8H8O2S.K/c1-2-7-5-3-4-6-8(7)11(9)10;/h2-6H,1H2,(H,9,10);/q;+1/p-1. The molecule has 1 aromatic rings. The summed E-state index contributed by atoms with van der Waals surface area (Å²) in [5.41, 5.74) is 0.640. The second-order valence-electron chi connectivity index (χ2n) is 1.98. The van der Waals surface area contributed by atoms with Gasteiger partial charge in [0.1, 0.15) is 0 Å². The molecule has 2 nitrogen and oxygen atoms in total. The molecule has 0 aliphatic rings. The fourth-order valence-electron chi connectivity index (χ4n) is 0.801. The summed E-state index contributed by atoms with van der Waals surface area (Å²) < 4.78 is 21.1. The summed E-state index contributed by atoms with van der Waals surface area (Å²) in [4.78, 5) is 0.294. The van der Waals surface area contributed by atoms with E-state index in [-0.39, 0.29) is 51.4 Å². The predicted molar refractivity (Wildman–Crippen MR) is 43.7 cm³/mol. The van der Waals surface area contributed by atoms with Crippen LogP contribution >= 0.6 is 0 Å². The quantitative estimate of drug-likeness (QED) is 0.440. The molecule has 0 aromatic heterocycles. The van der Waals surface area contributed by atoms with Crippen molar-refractivity contribution in [2.75, 3.05) is 0 Å². The fourth-order valence-corrected chi connectivity index (χ4v) is 1.33. The summed E-state index contributed by atoms with van der Waals surface area (Å²) in [7, 11) is 0. The van der Waals surface area contributed by atoms with Crippen LogP contribution in [0.4, 0.5) is 0 Å². The molecule has 0 fully saturated rings. The average molecular weight is 206 g/mol. The van der Waals surface area contributed by atoms with Gasteiger partial charge in [-0.1, -0.05) is 30.9 Å². The largest absolute Gasteiger partial charge is 1.00 e. The molecule has 0 N–H and O–H groups in total. The van der Waals surface area contributed by atoms with Crippen molar-refractivity contribution >= 4 is 17.2 Å². The smallest absolute Gasteiger partial charge is 0.768 e. The van der Waals surface area contributed by atoms with Gasteiger partial charge in [0.25, 0.3) is 0 Å². The molecule has 0 aliphatic heterocycles. The minimum Gasteiger partial charge on any atom is -0.768 e. The maximum atomic E-state index is 10.5. The van der Waals surface area contributed by atoms with Gasteiger partial charge in [-0.15, -0.1) is 0 Å². The van der Waals surface area contributed by atoms with Gasteiger partial charge in [0, 0.05) is 4.90 Å². The minimum atomic E-state index is -2.16. The summed E-state index contributed by atoms with van der Waals surface area (Å²) in [5.74, 6) is 0. The third-order valence-electron chi connectivity index (χ3n) is 1.32. The first-order chi connectivity index (χ1) is 5.25. The molecule has 0 amide bonds.